The molecule has 1 amide bonds. The predicted molar refractivity (Wildman–Crippen MR) is 102 cm³/mol. The molecule has 2 aliphatic heterocycles. The predicted octanol–water partition coefficient (Wildman–Crippen LogP) is 2.77. The van der Waals surface area contributed by atoms with E-state index in [1.165, 1.54) is 5.56 Å². The molecule has 3 heterocycles. The van der Waals surface area contributed by atoms with E-state index in [0.29, 0.717) is 12.3 Å². The van der Waals surface area contributed by atoms with E-state index in [-0.39, 0.29) is 5.91 Å². The lowest BCUT2D eigenvalue weighted by atomic mass is 9.98. The van der Waals surface area contributed by atoms with Gasteiger partial charge in [0.25, 0.3) is 0 Å². The number of benzene rings is 1. The summed E-state index contributed by atoms with van der Waals surface area (Å²) in [6.45, 7) is 4.74. The molecule has 1 aromatic carbocycles. The average molecular weight is 350 g/mol. The number of fused-ring (bicyclic) bond motifs is 1. The van der Waals surface area contributed by atoms with Crippen molar-refractivity contribution in [3.8, 4) is 0 Å². The minimum Gasteiger partial charge on any atom is -0.316 e. The number of aryl methyl sites for hydroxylation is 2. The van der Waals surface area contributed by atoms with Gasteiger partial charge in [-0.2, -0.15) is 0 Å². The Labute approximate surface area is 154 Å². The van der Waals surface area contributed by atoms with Gasteiger partial charge in [-0.05, 0) is 44.7 Å². The summed E-state index contributed by atoms with van der Waals surface area (Å²) in [5.74, 6) is 2.27. The first-order valence-corrected chi connectivity index (χ1v) is 9.65. The van der Waals surface area contributed by atoms with Crippen LogP contribution in [0.2, 0.25) is 0 Å². The van der Waals surface area contributed by atoms with Gasteiger partial charge < -0.3 is 5.32 Å². The van der Waals surface area contributed by atoms with Crippen molar-refractivity contribution in [2.24, 2.45) is 0 Å². The van der Waals surface area contributed by atoms with E-state index in [1.807, 2.05) is 17.9 Å². The number of hydrogen-bond acceptors (Lipinski definition) is 4. The summed E-state index contributed by atoms with van der Waals surface area (Å²) in [6, 6.07) is 10.4. The molecule has 1 saturated heterocycles. The van der Waals surface area contributed by atoms with Crippen molar-refractivity contribution in [2.75, 3.05) is 24.5 Å². The molecule has 0 spiro atoms. The van der Waals surface area contributed by atoms with Crippen molar-refractivity contribution in [1.29, 1.82) is 0 Å². The topological polar surface area (TPSA) is 58.1 Å². The summed E-state index contributed by atoms with van der Waals surface area (Å²) >= 11 is 0. The van der Waals surface area contributed by atoms with Crippen LogP contribution in [0.3, 0.4) is 0 Å². The van der Waals surface area contributed by atoms with Gasteiger partial charge in [0.1, 0.15) is 11.6 Å². The first-order valence-electron chi connectivity index (χ1n) is 9.65. The first-order chi connectivity index (χ1) is 12.7. The molecule has 0 bridgehead atoms. The molecule has 2 aromatic rings. The maximum atomic E-state index is 12.6. The third kappa shape index (κ3) is 3.49. The van der Waals surface area contributed by atoms with Gasteiger partial charge in [-0.15, -0.1) is 0 Å². The summed E-state index contributed by atoms with van der Waals surface area (Å²) in [4.78, 5) is 24.0. The Morgan fingerprint density at radius 2 is 2.08 bits per heavy atom. The molecule has 136 valence electrons. The molecule has 2 aliphatic rings. The van der Waals surface area contributed by atoms with Crippen molar-refractivity contribution in [2.45, 2.75) is 44.9 Å². The van der Waals surface area contributed by atoms with Crippen LogP contribution in [-0.4, -0.2) is 35.5 Å². The van der Waals surface area contributed by atoms with Crippen molar-refractivity contribution in [3.63, 3.8) is 0 Å². The minimum absolute atomic E-state index is 0.157. The average Bonchev–Trinajstić information content (AvgIpc) is 3.00. The Morgan fingerprint density at radius 3 is 2.85 bits per heavy atom. The summed E-state index contributed by atoms with van der Waals surface area (Å²) < 4.78 is 0. The highest BCUT2D eigenvalue weighted by atomic mass is 16.2. The van der Waals surface area contributed by atoms with Crippen LogP contribution in [0.15, 0.2) is 30.3 Å². The fraction of sp³-hybridized carbons (Fsp3) is 0.476. The van der Waals surface area contributed by atoms with Crippen LogP contribution in [-0.2, 0) is 17.6 Å². The van der Waals surface area contributed by atoms with Crippen LogP contribution >= 0.6 is 0 Å². The van der Waals surface area contributed by atoms with Gasteiger partial charge in [-0.1, -0.05) is 30.3 Å². The van der Waals surface area contributed by atoms with Gasteiger partial charge >= 0.3 is 0 Å². The molecule has 5 nitrogen and oxygen atoms in total. The lowest BCUT2D eigenvalue weighted by molar-refractivity contribution is -0.117. The Balaban J connectivity index is 1.51. The third-order valence-electron chi connectivity index (χ3n) is 5.45. The van der Waals surface area contributed by atoms with Crippen molar-refractivity contribution in [3.05, 3.63) is 53.0 Å². The van der Waals surface area contributed by atoms with E-state index in [2.05, 4.69) is 29.6 Å². The molecule has 1 atom stereocenters. The second-order valence-electron chi connectivity index (χ2n) is 7.32. The number of aromatic nitrogens is 2. The summed E-state index contributed by atoms with van der Waals surface area (Å²) in [6.07, 6.45) is 4.63. The number of anilines is 1. The van der Waals surface area contributed by atoms with Crippen molar-refractivity contribution < 1.29 is 4.79 Å². The van der Waals surface area contributed by atoms with E-state index in [9.17, 15) is 4.79 Å². The maximum absolute atomic E-state index is 12.6. The van der Waals surface area contributed by atoms with Gasteiger partial charge in [0.15, 0.2) is 0 Å². The number of carbonyl (C=O) groups is 1. The number of hydrogen-bond donors (Lipinski definition) is 1. The summed E-state index contributed by atoms with van der Waals surface area (Å²) in [5.41, 5.74) is 3.30. The molecule has 4 rings (SSSR count). The minimum atomic E-state index is 0.157. The van der Waals surface area contributed by atoms with Gasteiger partial charge in [0.05, 0.1) is 6.42 Å². The SMILES string of the molecule is Cc1nc([C@@H]2CCCNC2)nc2c1CC(=O)N2CCCc1ccccc1. The molecule has 5 heteroatoms. The molecular formula is C21H26N4O. The van der Waals surface area contributed by atoms with E-state index < -0.39 is 0 Å². The molecule has 26 heavy (non-hydrogen) atoms. The Kier molecular flexibility index (Phi) is 4.98. The molecule has 1 fully saturated rings. The van der Waals surface area contributed by atoms with Crippen LogP contribution in [0.1, 0.15) is 47.8 Å². The fourth-order valence-corrected chi connectivity index (χ4v) is 3.97. The number of nitrogens with one attached hydrogen (secondary N) is 1. The van der Waals surface area contributed by atoms with Gasteiger partial charge in [-0.25, -0.2) is 9.97 Å². The number of nitrogens with zero attached hydrogens (tertiary/aromatic N) is 3. The highest BCUT2D eigenvalue weighted by Crippen LogP contribution is 2.31. The molecule has 1 aromatic heterocycles. The number of carbonyl (C=O) groups excluding carboxylic acids is 1. The zero-order valence-corrected chi connectivity index (χ0v) is 15.4. The highest BCUT2D eigenvalue weighted by molar-refractivity contribution is 6.00. The molecule has 1 N–H and O–H groups in total. The Morgan fingerprint density at radius 1 is 1.23 bits per heavy atom. The van der Waals surface area contributed by atoms with Crippen LogP contribution in [0.25, 0.3) is 0 Å². The Bertz CT molecular complexity index is 784. The summed E-state index contributed by atoms with van der Waals surface area (Å²) in [7, 11) is 0. The van der Waals surface area contributed by atoms with E-state index >= 15 is 0 Å². The number of amides is 1. The van der Waals surface area contributed by atoms with Gasteiger partial charge in [-0.3, -0.25) is 9.69 Å². The largest absolute Gasteiger partial charge is 0.316 e. The number of rotatable bonds is 5. The molecule has 0 radical (unpaired) electrons. The molecule has 0 unspecified atom stereocenters. The zero-order chi connectivity index (χ0) is 17.9. The monoisotopic (exact) mass is 350 g/mol. The van der Waals surface area contributed by atoms with Crippen molar-refractivity contribution >= 4 is 11.7 Å². The zero-order valence-electron chi connectivity index (χ0n) is 15.4. The van der Waals surface area contributed by atoms with E-state index in [1.54, 1.807) is 0 Å². The van der Waals surface area contributed by atoms with E-state index in [0.717, 1.165) is 68.2 Å². The van der Waals surface area contributed by atoms with Crippen molar-refractivity contribution in [1.82, 2.24) is 15.3 Å². The fourth-order valence-electron chi connectivity index (χ4n) is 3.97. The second kappa shape index (κ2) is 7.54. The molecule has 0 saturated carbocycles. The first kappa shape index (κ1) is 17.2. The highest BCUT2D eigenvalue weighted by Gasteiger charge is 2.32. The van der Waals surface area contributed by atoms with Gasteiger partial charge in [0, 0.05) is 30.3 Å². The standard InChI is InChI=1S/C21H26N4O/c1-15-18-13-19(26)25(12-6-9-16-7-3-2-4-8-16)21(18)24-20(23-15)17-10-5-11-22-14-17/h2-4,7-8,17,22H,5-6,9-14H2,1H3/t17-/m1/s1. The summed E-state index contributed by atoms with van der Waals surface area (Å²) in [5, 5.41) is 3.43. The quantitative estimate of drug-likeness (QED) is 0.901. The Hall–Kier alpha value is -2.27. The van der Waals surface area contributed by atoms with Crippen LogP contribution in [0.5, 0.6) is 0 Å². The smallest absolute Gasteiger partial charge is 0.232 e. The lowest BCUT2D eigenvalue weighted by Gasteiger charge is -2.23. The lowest BCUT2D eigenvalue weighted by Crippen LogP contribution is -2.31. The van der Waals surface area contributed by atoms with E-state index in [4.69, 9.17) is 9.97 Å². The third-order valence-corrected chi connectivity index (χ3v) is 5.45. The second-order valence-corrected chi connectivity index (χ2v) is 7.32. The van der Waals surface area contributed by atoms with Crippen LogP contribution in [0, 0.1) is 6.92 Å². The number of piperidine rings is 1. The molecular weight excluding hydrogens is 324 g/mol. The normalized spacial score (nSPS) is 19.7. The van der Waals surface area contributed by atoms with Crippen LogP contribution < -0.4 is 10.2 Å². The maximum Gasteiger partial charge on any atom is 0.232 e. The van der Waals surface area contributed by atoms with Crippen LogP contribution in [0.4, 0.5) is 5.82 Å². The van der Waals surface area contributed by atoms with Gasteiger partial charge in [0.2, 0.25) is 5.91 Å². The molecule has 0 aliphatic carbocycles.